The highest BCUT2D eigenvalue weighted by Gasteiger charge is 2.54. The number of aliphatic hydroxyl groups is 2. The molecule has 0 aromatic heterocycles. The van der Waals surface area contributed by atoms with Crippen molar-refractivity contribution in [1.29, 1.82) is 0 Å². The molecule has 0 aliphatic carbocycles. The first-order valence-corrected chi connectivity index (χ1v) is 11.1. The van der Waals surface area contributed by atoms with Gasteiger partial charge >= 0.3 is 0 Å². The Balaban J connectivity index is 1.42. The highest BCUT2D eigenvalue weighted by Crippen LogP contribution is 2.49. The number of piperidine rings is 1. The number of benzene rings is 2. The van der Waals surface area contributed by atoms with Gasteiger partial charge in [0.15, 0.2) is 0 Å². The molecule has 2 fully saturated rings. The van der Waals surface area contributed by atoms with Crippen molar-refractivity contribution in [3.05, 3.63) is 65.2 Å². The number of hydrogen-bond donors (Lipinski definition) is 3. The van der Waals surface area contributed by atoms with Gasteiger partial charge in [-0.05, 0) is 60.9 Å². The number of fused-ring (bicyclic) bond motifs is 3. The monoisotopic (exact) mass is 406 g/mol. The van der Waals surface area contributed by atoms with E-state index in [2.05, 4.69) is 22.3 Å². The summed E-state index contributed by atoms with van der Waals surface area (Å²) in [5.74, 6) is 0.00575. The summed E-state index contributed by atoms with van der Waals surface area (Å²) in [6.45, 7) is 2.01. The second-order valence-electron chi connectivity index (χ2n) is 9.35. The average molecular weight is 407 g/mol. The minimum atomic E-state index is -1.08. The van der Waals surface area contributed by atoms with Gasteiger partial charge in [-0.3, -0.25) is 9.69 Å². The number of hydrogen-bond acceptors (Lipinski definition) is 4. The summed E-state index contributed by atoms with van der Waals surface area (Å²) >= 11 is 0. The van der Waals surface area contributed by atoms with E-state index in [1.165, 1.54) is 0 Å². The number of carbonyl (C=O) groups is 1. The van der Waals surface area contributed by atoms with Crippen LogP contribution in [-0.2, 0) is 23.4 Å². The lowest BCUT2D eigenvalue weighted by Gasteiger charge is -2.51. The van der Waals surface area contributed by atoms with E-state index < -0.39 is 11.3 Å². The first-order valence-electron chi connectivity index (χ1n) is 11.1. The second-order valence-corrected chi connectivity index (χ2v) is 9.35. The van der Waals surface area contributed by atoms with E-state index in [1.807, 2.05) is 43.3 Å². The van der Waals surface area contributed by atoms with E-state index in [1.54, 1.807) is 0 Å². The van der Waals surface area contributed by atoms with Crippen molar-refractivity contribution >= 4 is 11.6 Å². The normalized spacial score (nSPS) is 30.0. The van der Waals surface area contributed by atoms with Crippen molar-refractivity contribution < 1.29 is 15.0 Å². The summed E-state index contributed by atoms with van der Waals surface area (Å²) < 4.78 is 0. The first kappa shape index (κ1) is 19.7. The van der Waals surface area contributed by atoms with Gasteiger partial charge < -0.3 is 15.5 Å². The van der Waals surface area contributed by atoms with Crippen LogP contribution in [0, 0.1) is 0 Å². The lowest BCUT2D eigenvalue weighted by atomic mass is 9.79. The molecule has 3 N–H and O–H groups in total. The molecule has 3 aliphatic rings. The number of anilines is 1. The summed E-state index contributed by atoms with van der Waals surface area (Å²) in [6.07, 6.45) is 4.93. The topological polar surface area (TPSA) is 72.8 Å². The summed E-state index contributed by atoms with van der Waals surface area (Å²) in [4.78, 5) is 14.0. The molecular formula is C25H30N2O3. The van der Waals surface area contributed by atoms with E-state index in [4.69, 9.17) is 0 Å². The molecule has 2 unspecified atom stereocenters. The molecule has 2 saturated heterocycles. The van der Waals surface area contributed by atoms with Crippen LogP contribution in [0.4, 0.5) is 5.69 Å². The lowest BCUT2D eigenvalue weighted by Crippen LogP contribution is -2.59. The molecule has 0 saturated carbocycles. The smallest absolute Gasteiger partial charge is 0.228 e. The molecule has 5 nitrogen and oxygen atoms in total. The highest BCUT2D eigenvalue weighted by molar-refractivity contribution is 5.99. The lowest BCUT2D eigenvalue weighted by molar-refractivity contribution is -0.181. The average Bonchev–Trinajstić information content (AvgIpc) is 3.24. The molecule has 2 aromatic rings. The van der Waals surface area contributed by atoms with E-state index >= 15 is 0 Å². The molecule has 0 spiro atoms. The SMILES string of the molecule is CC[C@](O)(c1ccc2c(c1)CC(=O)N2)N1C2CCC1CC(O)(Cc1ccccc1)C2. The molecule has 5 heteroatoms. The van der Waals surface area contributed by atoms with Crippen molar-refractivity contribution in [3.63, 3.8) is 0 Å². The molecule has 2 aromatic carbocycles. The Bertz CT molecular complexity index is 946. The predicted octanol–water partition coefficient (Wildman–Crippen LogP) is 3.34. The molecule has 158 valence electrons. The third-order valence-electron chi connectivity index (χ3n) is 7.34. The number of carbonyl (C=O) groups excluding carboxylic acids is 1. The van der Waals surface area contributed by atoms with Crippen molar-refractivity contribution in [2.45, 2.75) is 75.3 Å². The van der Waals surface area contributed by atoms with Crippen molar-refractivity contribution in [3.8, 4) is 0 Å². The Hall–Kier alpha value is -2.21. The molecule has 3 aliphatic heterocycles. The zero-order valence-corrected chi connectivity index (χ0v) is 17.5. The zero-order valence-electron chi connectivity index (χ0n) is 17.5. The van der Waals surface area contributed by atoms with Crippen LogP contribution in [0.25, 0.3) is 0 Å². The second kappa shape index (κ2) is 7.19. The third-order valence-corrected chi connectivity index (χ3v) is 7.34. The fourth-order valence-corrected chi connectivity index (χ4v) is 6.06. The third kappa shape index (κ3) is 3.25. The van der Waals surface area contributed by atoms with Crippen LogP contribution < -0.4 is 5.32 Å². The number of nitrogens with one attached hydrogen (secondary N) is 1. The maximum atomic E-state index is 11.9. The molecule has 3 heterocycles. The van der Waals surface area contributed by atoms with Crippen LogP contribution in [0.5, 0.6) is 0 Å². The van der Waals surface area contributed by atoms with Gasteiger partial charge in [0.1, 0.15) is 5.72 Å². The fourth-order valence-electron chi connectivity index (χ4n) is 6.06. The van der Waals surface area contributed by atoms with E-state index in [0.717, 1.165) is 35.2 Å². The van der Waals surface area contributed by atoms with Gasteiger partial charge in [0, 0.05) is 24.2 Å². The van der Waals surface area contributed by atoms with Crippen molar-refractivity contribution in [2.75, 3.05) is 5.32 Å². The van der Waals surface area contributed by atoms with E-state index in [0.29, 0.717) is 32.1 Å². The minimum Gasteiger partial charge on any atom is -0.389 e. The summed E-state index contributed by atoms with van der Waals surface area (Å²) in [5, 5.41) is 26.2. The molecule has 3 atom stereocenters. The van der Waals surface area contributed by atoms with Crippen molar-refractivity contribution in [2.24, 2.45) is 0 Å². The van der Waals surface area contributed by atoms with Gasteiger partial charge in [-0.2, -0.15) is 0 Å². The predicted molar refractivity (Wildman–Crippen MR) is 116 cm³/mol. The quantitative estimate of drug-likeness (QED) is 0.712. The summed E-state index contributed by atoms with van der Waals surface area (Å²) in [5.41, 5.74) is 2.00. The molecule has 0 radical (unpaired) electrons. The Morgan fingerprint density at radius 3 is 2.50 bits per heavy atom. The van der Waals surface area contributed by atoms with Crippen LogP contribution >= 0.6 is 0 Å². The molecule has 1 amide bonds. The van der Waals surface area contributed by atoms with Crippen LogP contribution in [0.2, 0.25) is 0 Å². The molecule has 5 rings (SSSR count). The number of amides is 1. The van der Waals surface area contributed by atoms with E-state index in [9.17, 15) is 15.0 Å². The van der Waals surface area contributed by atoms with Gasteiger partial charge in [0.2, 0.25) is 5.91 Å². The van der Waals surface area contributed by atoms with Crippen LogP contribution in [0.15, 0.2) is 48.5 Å². The maximum Gasteiger partial charge on any atom is 0.228 e. The van der Waals surface area contributed by atoms with Gasteiger partial charge in [-0.1, -0.05) is 43.3 Å². The van der Waals surface area contributed by atoms with Gasteiger partial charge in [-0.15, -0.1) is 0 Å². The van der Waals surface area contributed by atoms with Gasteiger partial charge in [0.05, 0.1) is 12.0 Å². The Morgan fingerprint density at radius 2 is 1.83 bits per heavy atom. The zero-order chi connectivity index (χ0) is 20.9. The van der Waals surface area contributed by atoms with Crippen LogP contribution in [-0.4, -0.2) is 38.7 Å². The fraction of sp³-hybridized carbons (Fsp3) is 0.480. The van der Waals surface area contributed by atoms with Crippen molar-refractivity contribution in [1.82, 2.24) is 4.90 Å². The summed E-state index contributed by atoms with van der Waals surface area (Å²) in [6, 6.07) is 16.3. The standard InChI is InChI=1S/C25H30N2O3/c1-2-25(30,19-8-11-22-18(12-19)13-23(28)26-22)27-20-9-10-21(27)16-24(29,15-20)14-17-6-4-3-5-7-17/h3-8,11-12,20-21,29-30H,2,9-10,13-16H2,1H3,(H,26,28)/t20?,21?,24?,25-/m0/s1. The number of nitrogens with zero attached hydrogens (tertiary/aromatic N) is 1. The molecular weight excluding hydrogens is 376 g/mol. The van der Waals surface area contributed by atoms with Crippen LogP contribution in [0.3, 0.4) is 0 Å². The largest absolute Gasteiger partial charge is 0.389 e. The Labute approximate surface area is 177 Å². The van der Waals surface area contributed by atoms with Crippen LogP contribution in [0.1, 0.15) is 55.7 Å². The first-order chi connectivity index (χ1) is 14.4. The maximum absolute atomic E-state index is 11.9. The summed E-state index contributed by atoms with van der Waals surface area (Å²) in [7, 11) is 0. The van der Waals surface area contributed by atoms with Gasteiger partial charge in [-0.25, -0.2) is 0 Å². The Morgan fingerprint density at radius 1 is 1.13 bits per heavy atom. The van der Waals surface area contributed by atoms with Gasteiger partial charge in [0.25, 0.3) is 0 Å². The minimum absolute atomic E-state index is 0.00575. The highest BCUT2D eigenvalue weighted by atomic mass is 16.3. The number of rotatable bonds is 5. The molecule has 30 heavy (non-hydrogen) atoms. The molecule has 2 bridgehead atoms. The Kier molecular flexibility index (Phi) is 4.73. The van der Waals surface area contributed by atoms with E-state index in [-0.39, 0.29) is 18.0 Å².